The molecule has 1 aliphatic heterocycles. The Balaban J connectivity index is 1.98. The molecule has 0 bridgehead atoms. The standard InChI is InChI=1S/C14H20ClN3OS/c1-10(20)17-5-7-18(8-6-17)14(19)13(16)11-3-2-4-12(15)9-11/h2-4,9-10,13,20H,5-8,16H2,1H3. The van der Waals surface area contributed by atoms with Crippen molar-refractivity contribution in [1.82, 2.24) is 9.80 Å². The van der Waals surface area contributed by atoms with Crippen LogP contribution in [0.3, 0.4) is 0 Å². The van der Waals surface area contributed by atoms with Crippen molar-refractivity contribution >= 4 is 30.1 Å². The van der Waals surface area contributed by atoms with Crippen LogP contribution in [-0.4, -0.2) is 47.3 Å². The van der Waals surface area contributed by atoms with E-state index in [2.05, 4.69) is 17.5 Å². The highest BCUT2D eigenvalue weighted by atomic mass is 35.5. The summed E-state index contributed by atoms with van der Waals surface area (Å²) in [5.41, 5.74) is 6.81. The minimum absolute atomic E-state index is 0.0428. The van der Waals surface area contributed by atoms with Crippen molar-refractivity contribution in [2.24, 2.45) is 5.73 Å². The summed E-state index contributed by atoms with van der Waals surface area (Å²) in [6.07, 6.45) is 0. The zero-order valence-electron chi connectivity index (χ0n) is 11.5. The fraction of sp³-hybridized carbons (Fsp3) is 0.500. The number of amides is 1. The van der Waals surface area contributed by atoms with Gasteiger partial charge in [-0.3, -0.25) is 9.69 Å². The first-order valence-electron chi connectivity index (χ1n) is 6.71. The predicted molar refractivity (Wildman–Crippen MR) is 85.0 cm³/mol. The molecule has 0 aliphatic carbocycles. The van der Waals surface area contributed by atoms with E-state index in [0.717, 1.165) is 18.7 Å². The third-order valence-corrected chi connectivity index (χ3v) is 4.19. The summed E-state index contributed by atoms with van der Waals surface area (Å²) in [7, 11) is 0. The molecule has 1 aromatic rings. The van der Waals surface area contributed by atoms with E-state index in [4.69, 9.17) is 17.3 Å². The Labute approximate surface area is 130 Å². The summed E-state index contributed by atoms with van der Waals surface area (Å²) < 4.78 is 0. The molecule has 2 atom stereocenters. The Kier molecular flexibility index (Phi) is 5.32. The largest absolute Gasteiger partial charge is 0.338 e. The summed E-state index contributed by atoms with van der Waals surface area (Å²) in [6.45, 7) is 5.09. The second kappa shape index (κ2) is 6.80. The van der Waals surface area contributed by atoms with Crippen LogP contribution in [0.25, 0.3) is 0 Å². The molecule has 2 unspecified atom stereocenters. The zero-order chi connectivity index (χ0) is 14.7. The average Bonchev–Trinajstić information content (AvgIpc) is 2.46. The average molecular weight is 314 g/mol. The number of nitrogens with two attached hydrogens (primary N) is 1. The van der Waals surface area contributed by atoms with E-state index in [0.29, 0.717) is 18.1 Å². The minimum Gasteiger partial charge on any atom is -0.338 e. The van der Waals surface area contributed by atoms with Crippen molar-refractivity contribution in [3.8, 4) is 0 Å². The Bertz CT molecular complexity index is 475. The summed E-state index contributed by atoms with van der Waals surface area (Å²) in [6, 6.07) is 6.52. The van der Waals surface area contributed by atoms with Crippen molar-refractivity contribution in [2.45, 2.75) is 18.3 Å². The molecule has 0 aromatic heterocycles. The second-order valence-corrected chi connectivity index (χ2v) is 6.21. The monoisotopic (exact) mass is 313 g/mol. The summed E-state index contributed by atoms with van der Waals surface area (Å²) >= 11 is 10.4. The van der Waals surface area contributed by atoms with Gasteiger partial charge in [-0.05, 0) is 24.6 Å². The van der Waals surface area contributed by atoms with Crippen molar-refractivity contribution < 1.29 is 4.79 Å². The molecule has 2 N–H and O–H groups in total. The molecule has 1 aliphatic rings. The molecule has 1 fully saturated rings. The fourth-order valence-corrected chi connectivity index (χ4v) is 2.78. The van der Waals surface area contributed by atoms with Crippen LogP contribution in [0.15, 0.2) is 24.3 Å². The van der Waals surface area contributed by atoms with E-state index in [-0.39, 0.29) is 11.3 Å². The van der Waals surface area contributed by atoms with Gasteiger partial charge >= 0.3 is 0 Å². The number of carbonyl (C=O) groups excluding carboxylic acids is 1. The molecular formula is C14H20ClN3OS. The molecule has 1 heterocycles. The van der Waals surface area contributed by atoms with Gasteiger partial charge in [-0.25, -0.2) is 0 Å². The van der Waals surface area contributed by atoms with Crippen LogP contribution in [0.2, 0.25) is 5.02 Å². The molecule has 0 spiro atoms. The first-order chi connectivity index (χ1) is 9.49. The van der Waals surface area contributed by atoms with Gasteiger partial charge in [0.15, 0.2) is 0 Å². The molecule has 1 saturated heterocycles. The lowest BCUT2D eigenvalue weighted by Crippen LogP contribution is -2.52. The van der Waals surface area contributed by atoms with Crippen molar-refractivity contribution in [2.75, 3.05) is 26.2 Å². The van der Waals surface area contributed by atoms with Crippen LogP contribution in [0, 0.1) is 0 Å². The van der Waals surface area contributed by atoms with Crippen LogP contribution in [0.5, 0.6) is 0 Å². The summed E-state index contributed by atoms with van der Waals surface area (Å²) in [5, 5.41) is 0.813. The smallest absolute Gasteiger partial charge is 0.244 e. The van der Waals surface area contributed by atoms with Gasteiger partial charge in [0.05, 0.1) is 5.37 Å². The van der Waals surface area contributed by atoms with Gasteiger partial charge in [-0.2, -0.15) is 12.6 Å². The van der Waals surface area contributed by atoms with Crippen molar-refractivity contribution in [1.29, 1.82) is 0 Å². The fourth-order valence-electron chi connectivity index (χ4n) is 2.36. The number of hydrogen-bond acceptors (Lipinski definition) is 4. The zero-order valence-corrected chi connectivity index (χ0v) is 13.1. The second-order valence-electron chi connectivity index (χ2n) is 5.03. The lowest BCUT2D eigenvalue weighted by molar-refractivity contribution is -0.134. The third kappa shape index (κ3) is 3.67. The van der Waals surface area contributed by atoms with Crippen LogP contribution >= 0.6 is 24.2 Å². The molecule has 2 rings (SSSR count). The summed E-state index contributed by atoms with van der Waals surface area (Å²) in [5.74, 6) is -0.0428. The Morgan fingerprint density at radius 3 is 2.55 bits per heavy atom. The molecule has 1 aromatic carbocycles. The molecule has 110 valence electrons. The number of hydrogen-bond donors (Lipinski definition) is 2. The highest BCUT2D eigenvalue weighted by Gasteiger charge is 2.27. The maximum absolute atomic E-state index is 12.4. The van der Waals surface area contributed by atoms with Gasteiger partial charge in [0.2, 0.25) is 5.91 Å². The van der Waals surface area contributed by atoms with Gasteiger partial charge in [-0.15, -0.1) is 0 Å². The predicted octanol–water partition coefficient (Wildman–Crippen LogP) is 1.76. The molecule has 4 nitrogen and oxygen atoms in total. The van der Waals surface area contributed by atoms with Crippen molar-refractivity contribution in [3.05, 3.63) is 34.9 Å². The first-order valence-corrected chi connectivity index (χ1v) is 7.60. The van der Waals surface area contributed by atoms with Gasteiger partial charge in [0.1, 0.15) is 6.04 Å². The third-order valence-electron chi connectivity index (χ3n) is 3.63. The van der Waals surface area contributed by atoms with E-state index >= 15 is 0 Å². The first kappa shape index (κ1) is 15.6. The number of rotatable bonds is 3. The van der Waals surface area contributed by atoms with E-state index in [1.54, 1.807) is 12.1 Å². The topological polar surface area (TPSA) is 49.6 Å². The molecule has 0 radical (unpaired) electrons. The van der Waals surface area contributed by atoms with Gasteiger partial charge in [0.25, 0.3) is 0 Å². The van der Waals surface area contributed by atoms with Crippen LogP contribution < -0.4 is 5.73 Å². The molecular weight excluding hydrogens is 294 g/mol. The Morgan fingerprint density at radius 2 is 2.00 bits per heavy atom. The van der Waals surface area contributed by atoms with Crippen LogP contribution in [0.4, 0.5) is 0 Å². The molecule has 6 heteroatoms. The van der Waals surface area contributed by atoms with Gasteiger partial charge < -0.3 is 10.6 Å². The van der Waals surface area contributed by atoms with Gasteiger partial charge in [-0.1, -0.05) is 23.7 Å². The lowest BCUT2D eigenvalue weighted by Gasteiger charge is -2.37. The minimum atomic E-state index is -0.645. The van der Waals surface area contributed by atoms with Crippen LogP contribution in [-0.2, 0) is 4.79 Å². The number of carbonyl (C=O) groups is 1. The highest BCUT2D eigenvalue weighted by Crippen LogP contribution is 2.19. The molecule has 20 heavy (non-hydrogen) atoms. The number of halogens is 1. The molecule has 0 saturated carbocycles. The maximum Gasteiger partial charge on any atom is 0.244 e. The number of nitrogens with zero attached hydrogens (tertiary/aromatic N) is 2. The number of benzene rings is 1. The van der Waals surface area contributed by atoms with Crippen LogP contribution in [0.1, 0.15) is 18.5 Å². The number of piperazine rings is 1. The van der Waals surface area contributed by atoms with E-state index < -0.39 is 6.04 Å². The van der Waals surface area contributed by atoms with Gasteiger partial charge in [0, 0.05) is 31.2 Å². The maximum atomic E-state index is 12.4. The lowest BCUT2D eigenvalue weighted by atomic mass is 10.1. The van der Waals surface area contributed by atoms with E-state index in [9.17, 15) is 4.79 Å². The molecule has 1 amide bonds. The van der Waals surface area contributed by atoms with E-state index in [1.807, 2.05) is 24.0 Å². The Morgan fingerprint density at radius 1 is 1.35 bits per heavy atom. The Hall–Kier alpha value is -0.750. The van der Waals surface area contributed by atoms with Crippen molar-refractivity contribution in [3.63, 3.8) is 0 Å². The SMILES string of the molecule is CC(S)N1CCN(C(=O)C(N)c2cccc(Cl)c2)CC1. The quantitative estimate of drug-likeness (QED) is 0.836. The van der Waals surface area contributed by atoms with E-state index in [1.165, 1.54) is 0 Å². The number of thiol groups is 1. The normalized spacial score (nSPS) is 19.7. The summed E-state index contributed by atoms with van der Waals surface area (Å²) in [4.78, 5) is 16.5. The highest BCUT2D eigenvalue weighted by molar-refractivity contribution is 7.80.